The van der Waals surface area contributed by atoms with Gasteiger partial charge in [-0.1, -0.05) is 18.2 Å². The van der Waals surface area contributed by atoms with Crippen molar-refractivity contribution in [2.24, 2.45) is 0 Å². The minimum absolute atomic E-state index is 0.111. The summed E-state index contributed by atoms with van der Waals surface area (Å²) in [6, 6.07) is 4.88. The second-order valence-corrected chi connectivity index (χ2v) is 5.39. The fourth-order valence-corrected chi connectivity index (χ4v) is 2.92. The molecular formula is C10H12N2O2S. The normalized spacial score (nSPS) is 18.3. The number of aromatic nitrogens is 1. The Kier molecular flexibility index (Phi) is 2.58. The van der Waals surface area contributed by atoms with Gasteiger partial charge >= 0.3 is 0 Å². The van der Waals surface area contributed by atoms with E-state index in [0.717, 1.165) is 12.0 Å². The first-order valence-corrected chi connectivity index (χ1v) is 6.12. The third-order valence-corrected chi connectivity index (χ3v) is 4.12. The third kappa shape index (κ3) is 1.93. The van der Waals surface area contributed by atoms with Crippen LogP contribution in [0.3, 0.4) is 0 Å². The molecule has 1 aromatic heterocycles. The molecule has 5 heteroatoms. The summed E-state index contributed by atoms with van der Waals surface area (Å²) in [6.07, 6.45) is 2.23. The third-order valence-electron chi connectivity index (χ3n) is 2.36. The van der Waals surface area contributed by atoms with E-state index in [1.54, 1.807) is 12.1 Å². The molecule has 1 aromatic rings. The maximum atomic E-state index is 12.0. The van der Waals surface area contributed by atoms with Gasteiger partial charge in [-0.05, 0) is 18.6 Å². The van der Waals surface area contributed by atoms with E-state index in [9.17, 15) is 8.42 Å². The molecule has 0 radical (unpaired) electrons. The number of pyridine rings is 1. The molecule has 1 aliphatic rings. The predicted octanol–water partition coefficient (Wildman–Crippen LogP) is 1.03. The van der Waals surface area contributed by atoms with Crippen LogP contribution in [0.25, 0.3) is 0 Å². The first-order chi connectivity index (χ1) is 7.10. The van der Waals surface area contributed by atoms with Crippen LogP contribution in [0.4, 0.5) is 0 Å². The van der Waals surface area contributed by atoms with E-state index in [4.69, 9.17) is 0 Å². The summed E-state index contributed by atoms with van der Waals surface area (Å²) in [5.74, 6) is 0. The minimum atomic E-state index is -3.41. The Morgan fingerprint density at radius 1 is 1.40 bits per heavy atom. The Hall–Kier alpha value is -1.20. The van der Waals surface area contributed by atoms with Crippen LogP contribution in [0.2, 0.25) is 0 Å². The van der Waals surface area contributed by atoms with E-state index in [0.29, 0.717) is 13.1 Å². The monoisotopic (exact) mass is 224 g/mol. The Morgan fingerprint density at radius 2 is 2.20 bits per heavy atom. The van der Waals surface area contributed by atoms with E-state index in [1.165, 1.54) is 16.6 Å². The highest BCUT2D eigenvalue weighted by Crippen LogP contribution is 2.21. The average molecular weight is 224 g/mol. The summed E-state index contributed by atoms with van der Waals surface area (Å²) in [4.78, 5) is 3.86. The smallest absolute Gasteiger partial charge is 0.243 e. The van der Waals surface area contributed by atoms with Crippen LogP contribution < -0.4 is 0 Å². The number of nitrogens with zero attached hydrogens (tertiary/aromatic N) is 2. The molecule has 0 aromatic carbocycles. The lowest BCUT2D eigenvalue weighted by atomic mass is 10.3. The summed E-state index contributed by atoms with van der Waals surface area (Å²) >= 11 is 0. The first kappa shape index (κ1) is 10.3. The van der Waals surface area contributed by atoms with Gasteiger partial charge < -0.3 is 0 Å². The van der Waals surface area contributed by atoms with Gasteiger partial charge in [-0.2, -0.15) is 4.31 Å². The molecule has 1 fully saturated rings. The van der Waals surface area contributed by atoms with Crippen molar-refractivity contribution >= 4 is 10.0 Å². The standard InChI is InChI=1S/C10H12N2O2S/c1-9-5-7-12(8-9)15(13,14)10-4-2-3-6-11-10/h2-4,6H,1,5,7-8H2. The summed E-state index contributed by atoms with van der Waals surface area (Å²) < 4.78 is 25.4. The summed E-state index contributed by atoms with van der Waals surface area (Å²) in [6.45, 7) is 4.71. The molecule has 4 nitrogen and oxygen atoms in total. The molecule has 2 heterocycles. The molecular weight excluding hydrogens is 212 g/mol. The van der Waals surface area contributed by atoms with Crippen molar-refractivity contribution in [2.75, 3.05) is 13.1 Å². The molecule has 1 aliphatic heterocycles. The van der Waals surface area contributed by atoms with Gasteiger partial charge in [0.2, 0.25) is 0 Å². The fourth-order valence-electron chi connectivity index (χ4n) is 1.53. The average Bonchev–Trinajstić information content (AvgIpc) is 2.67. The van der Waals surface area contributed by atoms with E-state index in [-0.39, 0.29) is 5.03 Å². The molecule has 0 spiro atoms. The maximum absolute atomic E-state index is 12.0. The van der Waals surface area contributed by atoms with Crippen LogP contribution >= 0.6 is 0 Å². The summed E-state index contributed by atoms with van der Waals surface area (Å²) in [5.41, 5.74) is 0.953. The van der Waals surface area contributed by atoms with Gasteiger partial charge in [-0.15, -0.1) is 0 Å². The molecule has 2 rings (SSSR count). The molecule has 0 saturated carbocycles. The Balaban J connectivity index is 2.32. The van der Waals surface area contributed by atoms with E-state index in [2.05, 4.69) is 11.6 Å². The molecule has 0 amide bonds. The zero-order valence-corrected chi connectivity index (χ0v) is 9.07. The van der Waals surface area contributed by atoms with Crippen molar-refractivity contribution in [3.05, 3.63) is 36.5 Å². The fraction of sp³-hybridized carbons (Fsp3) is 0.300. The van der Waals surface area contributed by atoms with Gasteiger partial charge in [0.1, 0.15) is 0 Å². The van der Waals surface area contributed by atoms with Crippen molar-refractivity contribution in [3.8, 4) is 0 Å². The number of rotatable bonds is 2. The van der Waals surface area contributed by atoms with Crippen LogP contribution in [0.1, 0.15) is 6.42 Å². The zero-order chi connectivity index (χ0) is 10.9. The molecule has 0 bridgehead atoms. The molecule has 0 atom stereocenters. The lowest BCUT2D eigenvalue weighted by Gasteiger charge is -2.13. The highest BCUT2D eigenvalue weighted by Gasteiger charge is 2.29. The predicted molar refractivity (Wildman–Crippen MR) is 56.8 cm³/mol. The molecule has 15 heavy (non-hydrogen) atoms. The van der Waals surface area contributed by atoms with Crippen LogP contribution in [0.15, 0.2) is 41.6 Å². The minimum Gasteiger partial charge on any atom is -0.243 e. The van der Waals surface area contributed by atoms with Crippen molar-refractivity contribution in [1.29, 1.82) is 0 Å². The highest BCUT2D eigenvalue weighted by atomic mass is 32.2. The van der Waals surface area contributed by atoms with E-state index >= 15 is 0 Å². The lowest BCUT2D eigenvalue weighted by molar-refractivity contribution is 0.478. The van der Waals surface area contributed by atoms with Gasteiger partial charge in [0.05, 0.1) is 0 Å². The molecule has 1 saturated heterocycles. The van der Waals surface area contributed by atoms with Crippen LogP contribution in [-0.2, 0) is 10.0 Å². The maximum Gasteiger partial charge on any atom is 0.260 e. The first-order valence-electron chi connectivity index (χ1n) is 4.68. The van der Waals surface area contributed by atoms with Crippen molar-refractivity contribution in [1.82, 2.24) is 9.29 Å². The SMILES string of the molecule is C=C1CCN(S(=O)(=O)c2ccccn2)C1. The highest BCUT2D eigenvalue weighted by molar-refractivity contribution is 7.89. The molecule has 0 N–H and O–H groups in total. The van der Waals surface area contributed by atoms with Gasteiger partial charge in [-0.25, -0.2) is 13.4 Å². The van der Waals surface area contributed by atoms with Gasteiger partial charge in [0.15, 0.2) is 5.03 Å². The Morgan fingerprint density at radius 3 is 2.73 bits per heavy atom. The molecule has 0 aliphatic carbocycles. The second kappa shape index (κ2) is 3.75. The van der Waals surface area contributed by atoms with Crippen LogP contribution in [0, 0.1) is 0 Å². The zero-order valence-electron chi connectivity index (χ0n) is 8.26. The van der Waals surface area contributed by atoms with Gasteiger partial charge in [-0.3, -0.25) is 0 Å². The van der Waals surface area contributed by atoms with Crippen LogP contribution in [-0.4, -0.2) is 30.8 Å². The number of hydrogen-bond donors (Lipinski definition) is 0. The largest absolute Gasteiger partial charge is 0.260 e. The lowest BCUT2D eigenvalue weighted by Crippen LogP contribution is -2.28. The van der Waals surface area contributed by atoms with E-state index < -0.39 is 10.0 Å². The van der Waals surface area contributed by atoms with Gasteiger partial charge in [0, 0.05) is 19.3 Å². The summed E-state index contributed by atoms with van der Waals surface area (Å²) in [7, 11) is -3.41. The van der Waals surface area contributed by atoms with Gasteiger partial charge in [0.25, 0.3) is 10.0 Å². The number of hydrogen-bond acceptors (Lipinski definition) is 3. The van der Waals surface area contributed by atoms with Crippen molar-refractivity contribution < 1.29 is 8.42 Å². The van der Waals surface area contributed by atoms with Crippen LogP contribution in [0.5, 0.6) is 0 Å². The number of sulfonamides is 1. The van der Waals surface area contributed by atoms with E-state index in [1.807, 2.05) is 0 Å². The Labute approximate surface area is 89.3 Å². The second-order valence-electron chi connectivity index (χ2n) is 3.51. The quantitative estimate of drug-likeness (QED) is 0.705. The summed E-state index contributed by atoms with van der Waals surface area (Å²) in [5, 5.41) is 0.111. The molecule has 0 unspecified atom stereocenters. The molecule has 80 valence electrons. The topological polar surface area (TPSA) is 50.3 Å². The van der Waals surface area contributed by atoms with Crippen molar-refractivity contribution in [3.63, 3.8) is 0 Å². The Bertz CT molecular complexity index is 467. The van der Waals surface area contributed by atoms with Crippen molar-refractivity contribution in [2.45, 2.75) is 11.4 Å².